The molecule has 2 heterocycles. The van der Waals surface area contributed by atoms with Crippen molar-refractivity contribution in [2.45, 2.75) is 18.4 Å². The van der Waals surface area contributed by atoms with E-state index in [0.717, 1.165) is 18.2 Å². The van der Waals surface area contributed by atoms with Crippen molar-refractivity contribution in [1.29, 1.82) is 0 Å². The van der Waals surface area contributed by atoms with E-state index in [1.807, 2.05) is 0 Å². The van der Waals surface area contributed by atoms with E-state index in [9.17, 15) is 22.4 Å². The number of ether oxygens (including phenoxy) is 2. The molecule has 2 aromatic heterocycles. The van der Waals surface area contributed by atoms with Gasteiger partial charge < -0.3 is 14.8 Å². The Hall–Kier alpha value is -4.07. The van der Waals surface area contributed by atoms with E-state index in [4.69, 9.17) is 21.1 Å². The number of halogens is 2. The second-order valence-corrected chi connectivity index (χ2v) is 11.1. The highest BCUT2D eigenvalue weighted by molar-refractivity contribution is 7.92. The molecule has 11 nitrogen and oxygen atoms in total. The number of sulfonamides is 1. The van der Waals surface area contributed by atoms with Crippen LogP contribution in [0.1, 0.15) is 6.92 Å². The first-order chi connectivity index (χ1) is 19.5. The Labute approximate surface area is 240 Å². The molecule has 14 heteroatoms. The molecular weight excluding hydrogens is 577 g/mol. The normalized spacial score (nSPS) is 12.2. The largest absolute Gasteiger partial charge is 0.480 e. The van der Waals surface area contributed by atoms with Gasteiger partial charge in [0.1, 0.15) is 16.4 Å². The molecule has 4 rings (SSSR count). The average molecular weight is 604 g/mol. The number of benzene rings is 2. The summed E-state index contributed by atoms with van der Waals surface area (Å²) in [7, 11) is -1.37. The van der Waals surface area contributed by atoms with E-state index in [-0.39, 0.29) is 39.5 Å². The first-order valence-electron chi connectivity index (χ1n) is 12.3. The predicted octanol–water partition coefficient (Wildman–Crippen LogP) is 3.46. The van der Waals surface area contributed by atoms with Gasteiger partial charge in [-0.2, -0.15) is 0 Å². The van der Waals surface area contributed by atoms with Crippen molar-refractivity contribution < 1.29 is 27.1 Å². The van der Waals surface area contributed by atoms with Crippen LogP contribution >= 0.6 is 11.6 Å². The SMILES string of the molecule is COCCNC(=O)C(C)Cn1cnc2ccc(-c3cnc(OC)c(NS(=O)(=O)c4ccc(F)cc4Cl)c3)cc2c1=O. The molecule has 2 N–H and O–H groups in total. The summed E-state index contributed by atoms with van der Waals surface area (Å²) >= 11 is 5.97. The third-order valence-electron chi connectivity index (χ3n) is 6.15. The van der Waals surface area contributed by atoms with Gasteiger partial charge in [-0.15, -0.1) is 0 Å². The summed E-state index contributed by atoms with van der Waals surface area (Å²) in [6, 6.07) is 9.40. The fourth-order valence-corrected chi connectivity index (χ4v) is 5.62. The third kappa shape index (κ3) is 6.81. The first-order valence-corrected chi connectivity index (χ1v) is 14.2. The van der Waals surface area contributed by atoms with Gasteiger partial charge in [-0.05, 0) is 42.0 Å². The maximum atomic E-state index is 13.5. The van der Waals surface area contributed by atoms with Crippen LogP contribution in [-0.4, -0.2) is 56.2 Å². The summed E-state index contributed by atoms with van der Waals surface area (Å²) in [4.78, 5) is 33.9. The number of rotatable bonds is 11. The summed E-state index contributed by atoms with van der Waals surface area (Å²) in [5, 5.41) is 2.76. The number of pyridine rings is 1. The standard InChI is InChI=1S/C27H27ClFN5O6S/c1-16(25(35)30-8-9-39-2)14-34-15-32-22-6-4-17(10-20(22)27(34)36)18-11-23(26(40-3)31-13-18)33-41(37,38)24-7-5-19(29)12-21(24)28/h4-7,10-13,15-16,33H,8-9,14H2,1-3H3,(H,30,35). The lowest BCUT2D eigenvalue weighted by atomic mass is 10.0. The molecule has 4 aromatic rings. The van der Waals surface area contributed by atoms with Gasteiger partial charge in [0.2, 0.25) is 11.8 Å². The first kappa shape index (κ1) is 29.9. The van der Waals surface area contributed by atoms with E-state index in [1.165, 1.54) is 37.4 Å². The Morgan fingerprint density at radius 3 is 2.61 bits per heavy atom. The van der Waals surface area contributed by atoms with E-state index in [1.54, 1.807) is 25.1 Å². The van der Waals surface area contributed by atoms with Crippen molar-refractivity contribution in [2.75, 3.05) is 32.1 Å². The molecule has 0 aliphatic heterocycles. The summed E-state index contributed by atoms with van der Waals surface area (Å²) in [5.41, 5.74) is 1.12. The highest BCUT2D eigenvalue weighted by Crippen LogP contribution is 2.32. The highest BCUT2D eigenvalue weighted by Gasteiger charge is 2.22. The number of nitrogens with one attached hydrogen (secondary N) is 2. The molecular formula is C27H27ClFN5O6S. The number of methoxy groups -OCH3 is 2. The smallest absolute Gasteiger partial charge is 0.263 e. The molecule has 0 spiro atoms. The van der Waals surface area contributed by atoms with Crippen molar-refractivity contribution >= 4 is 44.1 Å². The Morgan fingerprint density at radius 1 is 1.12 bits per heavy atom. The maximum Gasteiger partial charge on any atom is 0.263 e. The van der Waals surface area contributed by atoms with Crippen LogP contribution in [0.15, 0.2) is 64.7 Å². The summed E-state index contributed by atoms with van der Waals surface area (Å²) < 4.78 is 53.4. The van der Waals surface area contributed by atoms with Gasteiger partial charge in [-0.3, -0.25) is 18.9 Å². The van der Waals surface area contributed by atoms with Crippen molar-refractivity contribution in [1.82, 2.24) is 19.9 Å². The van der Waals surface area contributed by atoms with Crippen molar-refractivity contribution in [3.63, 3.8) is 0 Å². The van der Waals surface area contributed by atoms with Crippen molar-refractivity contribution in [3.8, 4) is 17.0 Å². The lowest BCUT2D eigenvalue weighted by Gasteiger charge is -2.15. The molecule has 0 fully saturated rings. The number of aromatic nitrogens is 3. The monoisotopic (exact) mass is 603 g/mol. The number of amides is 1. The minimum Gasteiger partial charge on any atom is -0.480 e. The Bertz CT molecular complexity index is 1770. The molecule has 0 saturated carbocycles. The number of anilines is 1. The van der Waals surface area contributed by atoms with Crippen LogP contribution in [0.2, 0.25) is 5.02 Å². The number of carbonyl (C=O) groups is 1. The van der Waals surface area contributed by atoms with Gasteiger partial charge in [-0.25, -0.2) is 22.8 Å². The van der Waals surface area contributed by atoms with Crippen LogP contribution in [0, 0.1) is 11.7 Å². The van der Waals surface area contributed by atoms with E-state index in [2.05, 4.69) is 20.0 Å². The third-order valence-corrected chi connectivity index (χ3v) is 8.00. The second kappa shape index (κ2) is 12.6. The molecule has 0 bridgehead atoms. The van der Waals surface area contributed by atoms with Crippen LogP contribution in [0.5, 0.6) is 5.88 Å². The summed E-state index contributed by atoms with van der Waals surface area (Å²) in [5.74, 6) is -1.41. The number of fused-ring (bicyclic) bond motifs is 1. The predicted molar refractivity (Wildman–Crippen MR) is 152 cm³/mol. The number of carbonyl (C=O) groups excluding carboxylic acids is 1. The molecule has 0 radical (unpaired) electrons. The zero-order valence-corrected chi connectivity index (χ0v) is 23.9. The van der Waals surface area contributed by atoms with Gasteiger partial charge in [-0.1, -0.05) is 24.6 Å². The van der Waals surface area contributed by atoms with E-state index < -0.39 is 21.8 Å². The van der Waals surface area contributed by atoms with Crippen molar-refractivity contribution in [2.24, 2.45) is 5.92 Å². The molecule has 1 amide bonds. The fourth-order valence-electron chi connectivity index (χ4n) is 4.04. The maximum absolute atomic E-state index is 13.5. The van der Waals surface area contributed by atoms with Gasteiger partial charge in [0.25, 0.3) is 15.6 Å². The van der Waals surface area contributed by atoms with Crippen LogP contribution in [0.25, 0.3) is 22.0 Å². The number of nitrogens with zero attached hydrogens (tertiary/aromatic N) is 3. The van der Waals surface area contributed by atoms with Gasteiger partial charge in [0.15, 0.2) is 0 Å². The van der Waals surface area contributed by atoms with Crippen LogP contribution in [-0.2, 0) is 26.1 Å². The zero-order valence-electron chi connectivity index (χ0n) is 22.4. The van der Waals surface area contributed by atoms with E-state index in [0.29, 0.717) is 35.2 Å². The lowest BCUT2D eigenvalue weighted by molar-refractivity contribution is -0.125. The van der Waals surface area contributed by atoms with E-state index >= 15 is 0 Å². The minimum atomic E-state index is -4.24. The van der Waals surface area contributed by atoms with Gasteiger partial charge in [0, 0.05) is 32.0 Å². The summed E-state index contributed by atoms with van der Waals surface area (Å²) in [6.45, 7) is 2.56. The molecule has 0 aliphatic rings. The Morgan fingerprint density at radius 2 is 1.90 bits per heavy atom. The van der Waals surface area contributed by atoms with Crippen LogP contribution in [0.4, 0.5) is 10.1 Å². The highest BCUT2D eigenvalue weighted by atomic mass is 35.5. The molecule has 2 aromatic carbocycles. The Kier molecular flexibility index (Phi) is 9.21. The molecule has 216 valence electrons. The number of hydrogen-bond acceptors (Lipinski definition) is 8. The summed E-state index contributed by atoms with van der Waals surface area (Å²) in [6.07, 6.45) is 2.86. The molecule has 0 saturated heterocycles. The molecule has 1 unspecified atom stereocenters. The average Bonchev–Trinajstić information content (AvgIpc) is 2.94. The van der Waals surface area contributed by atoms with Gasteiger partial charge >= 0.3 is 0 Å². The topological polar surface area (TPSA) is 142 Å². The fraction of sp³-hybridized carbons (Fsp3) is 0.259. The lowest BCUT2D eigenvalue weighted by Crippen LogP contribution is -2.35. The molecule has 1 atom stereocenters. The van der Waals surface area contributed by atoms with Crippen LogP contribution in [0.3, 0.4) is 0 Å². The van der Waals surface area contributed by atoms with Crippen molar-refractivity contribution in [3.05, 3.63) is 76.2 Å². The second-order valence-electron chi connectivity index (χ2n) is 9.08. The molecule has 0 aliphatic carbocycles. The Balaban J connectivity index is 1.66. The van der Waals surface area contributed by atoms with Crippen LogP contribution < -0.4 is 20.3 Å². The molecule has 41 heavy (non-hydrogen) atoms. The van der Waals surface area contributed by atoms with Gasteiger partial charge in [0.05, 0.1) is 41.9 Å². The minimum absolute atomic E-state index is 0.00222. The quantitative estimate of drug-likeness (QED) is 0.248. The zero-order chi connectivity index (χ0) is 29.7. The number of hydrogen-bond donors (Lipinski definition) is 2.